The summed E-state index contributed by atoms with van der Waals surface area (Å²) in [5, 5.41) is 13.9. The molecule has 7 heteroatoms. The first-order valence-electron chi connectivity index (χ1n) is 5.74. The zero-order chi connectivity index (χ0) is 13.5. The Morgan fingerprint density at radius 2 is 2.22 bits per heavy atom. The maximum absolute atomic E-state index is 11.5. The van der Waals surface area contributed by atoms with Crippen LogP contribution in [-0.4, -0.2) is 33.4 Å². The molecular formula is C11H17N3O4. The highest BCUT2D eigenvalue weighted by Gasteiger charge is 2.04. The van der Waals surface area contributed by atoms with Gasteiger partial charge in [0.1, 0.15) is 6.54 Å². The molecule has 1 amide bonds. The topological polar surface area (TPSA) is 104 Å². The molecule has 0 aliphatic rings. The first-order valence-corrected chi connectivity index (χ1v) is 5.74. The van der Waals surface area contributed by atoms with E-state index < -0.39 is 17.2 Å². The summed E-state index contributed by atoms with van der Waals surface area (Å²) in [4.78, 5) is 33.8. The Labute approximate surface area is 103 Å². The van der Waals surface area contributed by atoms with Crippen molar-refractivity contribution in [3.05, 3.63) is 32.8 Å². The van der Waals surface area contributed by atoms with Crippen LogP contribution < -0.4 is 16.4 Å². The Kier molecular flexibility index (Phi) is 5.31. The molecule has 0 radical (unpaired) electrons. The number of rotatable bonds is 6. The highest BCUT2D eigenvalue weighted by Crippen LogP contribution is 1.93. The van der Waals surface area contributed by atoms with Crippen LogP contribution in [0.15, 0.2) is 21.7 Å². The molecule has 1 unspecified atom stereocenters. The Bertz CT molecular complexity index is 504. The van der Waals surface area contributed by atoms with Crippen LogP contribution in [0.25, 0.3) is 0 Å². The Morgan fingerprint density at radius 1 is 1.50 bits per heavy atom. The predicted molar refractivity (Wildman–Crippen MR) is 65.2 cm³/mol. The fraction of sp³-hybridized carbons (Fsp3) is 0.545. The SMILES string of the molecule is CC(O)CCCNC(=O)Cn1[nH]c(=O)ccc1=O. The number of aromatic nitrogens is 2. The normalized spacial score (nSPS) is 12.1. The summed E-state index contributed by atoms with van der Waals surface area (Å²) in [6, 6.07) is 2.22. The van der Waals surface area contributed by atoms with Gasteiger partial charge in [0.25, 0.3) is 11.1 Å². The van der Waals surface area contributed by atoms with E-state index in [9.17, 15) is 14.4 Å². The zero-order valence-corrected chi connectivity index (χ0v) is 10.2. The van der Waals surface area contributed by atoms with Gasteiger partial charge in [0, 0.05) is 18.7 Å². The van der Waals surface area contributed by atoms with Crippen LogP contribution in [0.5, 0.6) is 0 Å². The monoisotopic (exact) mass is 255 g/mol. The van der Waals surface area contributed by atoms with Crippen molar-refractivity contribution in [2.75, 3.05) is 6.54 Å². The van der Waals surface area contributed by atoms with Crippen LogP contribution in [-0.2, 0) is 11.3 Å². The summed E-state index contributed by atoms with van der Waals surface area (Å²) >= 11 is 0. The van der Waals surface area contributed by atoms with Crippen molar-refractivity contribution in [1.29, 1.82) is 0 Å². The number of H-pyrrole nitrogens is 1. The van der Waals surface area contributed by atoms with Gasteiger partial charge in [-0.1, -0.05) is 0 Å². The minimum absolute atomic E-state index is 0.219. The average molecular weight is 255 g/mol. The number of carbonyl (C=O) groups is 1. The van der Waals surface area contributed by atoms with Gasteiger partial charge in [0.2, 0.25) is 5.91 Å². The molecule has 0 aromatic carbocycles. The van der Waals surface area contributed by atoms with Gasteiger partial charge in [0.15, 0.2) is 0 Å². The van der Waals surface area contributed by atoms with Gasteiger partial charge in [0.05, 0.1) is 6.10 Å². The van der Waals surface area contributed by atoms with Crippen molar-refractivity contribution in [2.24, 2.45) is 0 Å². The molecule has 100 valence electrons. The molecule has 0 bridgehead atoms. The summed E-state index contributed by atoms with van der Waals surface area (Å²) in [5.74, 6) is -0.357. The number of carbonyl (C=O) groups excluding carboxylic acids is 1. The molecule has 1 aromatic rings. The lowest BCUT2D eigenvalue weighted by atomic mass is 10.2. The molecule has 0 saturated heterocycles. The summed E-state index contributed by atoms with van der Waals surface area (Å²) in [5.41, 5.74) is -0.870. The van der Waals surface area contributed by atoms with Crippen molar-refractivity contribution in [2.45, 2.75) is 32.4 Å². The molecule has 7 nitrogen and oxygen atoms in total. The standard InChI is InChI=1S/C11H17N3O4/c1-8(15)3-2-6-12-10(17)7-14-11(18)5-4-9(16)13-14/h4-5,8,15H,2-3,6-7H2,1H3,(H,12,17)(H,13,16). The number of nitrogens with zero attached hydrogens (tertiary/aromatic N) is 1. The van der Waals surface area contributed by atoms with E-state index in [0.717, 1.165) is 16.8 Å². The second-order valence-corrected chi connectivity index (χ2v) is 4.07. The second kappa shape index (κ2) is 6.75. The summed E-state index contributed by atoms with van der Waals surface area (Å²) < 4.78 is 0.951. The first-order chi connectivity index (χ1) is 8.49. The lowest BCUT2D eigenvalue weighted by Gasteiger charge is -2.07. The highest BCUT2D eigenvalue weighted by molar-refractivity contribution is 5.75. The van der Waals surface area contributed by atoms with E-state index in [0.29, 0.717) is 19.4 Å². The predicted octanol–water partition coefficient (Wildman–Crippen LogP) is -1.19. The third-order valence-electron chi connectivity index (χ3n) is 2.31. The van der Waals surface area contributed by atoms with Crippen LogP contribution in [0, 0.1) is 0 Å². The Hall–Kier alpha value is -1.89. The highest BCUT2D eigenvalue weighted by atomic mass is 16.3. The molecular weight excluding hydrogens is 238 g/mol. The van der Waals surface area contributed by atoms with Crippen LogP contribution in [0.3, 0.4) is 0 Å². The number of hydrogen-bond acceptors (Lipinski definition) is 4. The molecule has 0 aliphatic heterocycles. The number of aromatic amines is 1. The van der Waals surface area contributed by atoms with E-state index in [4.69, 9.17) is 5.11 Å². The van der Waals surface area contributed by atoms with Crippen LogP contribution in [0.4, 0.5) is 0 Å². The van der Waals surface area contributed by atoms with E-state index in [1.165, 1.54) is 0 Å². The zero-order valence-electron chi connectivity index (χ0n) is 10.2. The summed E-state index contributed by atoms with van der Waals surface area (Å²) in [6.07, 6.45) is 0.862. The molecule has 1 aromatic heterocycles. The number of aliphatic hydroxyl groups excluding tert-OH is 1. The third-order valence-corrected chi connectivity index (χ3v) is 2.31. The molecule has 1 heterocycles. The van der Waals surface area contributed by atoms with Crippen molar-refractivity contribution >= 4 is 5.91 Å². The van der Waals surface area contributed by atoms with Crippen molar-refractivity contribution < 1.29 is 9.90 Å². The van der Waals surface area contributed by atoms with Gasteiger partial charge in [-0.05, 0) is 19.8 Å². The van der Waals surface area contributed by atoms with Gasteiger partial charge >= 0.3 is 0 Å². The van der Waals surface area contributed by atoms with E-state index in [1.807, 2.05) is 0 Å². The van der Waals surface area contributed by atoms with Crippen LogP contribution in [0.1, 0.15) is 19.8 Å². The molecule has 0 aliphatic carbocycles. The van der Waals surface area contributed by atoms with E-state index in [-0.39, 0.29) is 12.5 Å². The maximum Gasteiger partial charge on any atom is 0.265 e. The van der Waals surface area contributed by atoms with Crippen LogP contribution >= 0.6 is 0 Å². The number of amides is 1. The minimum atomic E-state index is -0.436. The second-order valence-electron chi connectivity index (χ2n) is 4.07. The van der Waals surface area contributed by atoms with Crippen molar-refractivity contribution in [3.8, 4) is 0 Å². The lowest BCUT2D eigenvalue weighted by Crippen LogP contribution is -2.36. The first kappa shape index (κ1) is 14.2. The van der Waals surface area contributed by atoms with E-state index >= 15 is 0 Å². The summed E-state index contributed by atoms with van der Waals surface area (Å²) in [6.45, 7) is 1.88. The fourth-order valence-electron chi connectivity index (χ4n) is 1.40. The van der Waals surface area contributed by atoms with Crippen molar-refractivity contribution in [3.63, 3.8) is 0 Å². The molecule has 1 atom stereocenters. The van der Waals surface area contributed by atoms with Gasteiger partial charge in [-0.2, -0.15) is 0 Å². The molecule has 1 rings (SSSR count). The third kappa shape index (κ3) is 4.96. The van der Waals surface area contributed by atoms with E-state index in [1.54, 1.807) is 6.92 Å². The molecule has 0 spiro atoms. The fourth-order valence-corrected chi connectivity index (χ4v) is 1.40. The molecule has 0 fully saturated rings. The molecule has 0 saturated carbocycles. The van der Waals surface area contributed by atoms with Gasteiger partial charge in [-0.3, -0.25) is 19.5 Å². The number of nitrogens with one attached hydrogen (secondary N) is 2. The maximum atomic E-state index is 11.5. The quantitative estimate of drug-likeness (QED) is 0.556. The van der Waals surface area contributed by atoms with Crippen molar-refractivity contribution in [1.82, 2.24) is 15.1 Å². The Balaban J connectivity index is 2.43. The molecule has 18 heavy (non-hydrogen) atoms. The average Bonchev–Trinajstić information content (AvgIpc) is 2.29. The number of aliphatic hydroxyl groups is 1. The lowest BCUT2D eigenvalue weighted by molar-refractivity contribution is -0.121. The summed E-state index contributed by atoms with van der Waals surface area (Å²) in [7, 11) is 0. The van der Waals surface area contributed by atoms with Gasteiger partial charge < -0.3 is 10.4 Å². The van der Waals surface area contributed by atoms with Gasteiger partial charge in [-0.15, -0.1) is 0 Å². The van der Waals surface area contributed by atoms with Gasteiger partial charge in [-0.25, -0.2) is 4.68 Å². The minimum Gasteiger partial charge on any atom is -0.393 e. The smallest absolute Gasteiger partial charge is 0.265 e. The number of hydrogen-bond donors (Lipinski definition) is 3. The Morgan fingerprint density at radius 3 is 2.89 bits per heavy atom. The van der Waals surface area contributed by atoms with Crippen LogP contribution in [0.2, 0.25) is 0 Å². The largest absolute Gasteiger partial charge is 0.393 e. The van der Waals surface area contributed by atoms with E-state index in [2.05, 4.69) is 10.4 Å². The molecule has 3 N–H and O–H groups in total.